The summed E-state index contributed by atoms with van der Waals surface area (Å²) in [6, 6.07) is 6.78. The molecule has 0 saturated carbocycles. The van der Waals surface area contributed by atoms with Crippen LogP contribution in [0, 0.1) is 0 Å². The highest BCUT2D eigenvalue weighted by molar-refractivity contribution is 6.04. The van der Waals surface area contributed by atoms with E-state index < -0.39 is 12.1 Å². The molecule has 4 amide bonds. The summed E-state index contributed by atoms with van der Waals surface area (Å²) in [7, 11) is 1.64. The molecule has 3 rings (SSSR count). The van der Waals surface area contributed by atoms with Crippen molar-refractivity contribution in [1.29, 1.82) is 0 Å². The highest BCUT2D eigenvalue weighted by Crippen LogP contribution is 2.22. The molecular weight excluding hydrogens is 324 g/mol. The van der Waals surface area contributed by atoms with E-state index in [1.165, 1.54) is 0 Å². The Hall–Kier alpha value is -2.77. The Bertz CT molecular complexity index is 670. The Balaban J connectivity index is 1.47. The van der Waals surface area contributed by atoms with Crippen molar-refractivity contribution in [3.05, 3.63) is 24.3 Å². The van der Waals surface area contributed by atoms with Gasteiger partial charge in [-0.15, -0.1) is 0 Å². The lowest BCUT2D eigenvalue weighted by Crippen LogP contribution is -2.49. The molecule has 2 N–H and O–H groups in total. The number of anilines is 1. The number of methoxy groups -OCH3 is 1. The number of piperazine rings is 1. The van der Waals surface area contributed by atoms with Crippen LogP contribution in [0.1, 0.15) is 12.8 Å². The lowest BCUT2D eigenvalue weighted by atomic mass is 10.1. The lowest BCUT2D eigenvalue weighted by molar-refractivity contribution is -0.131. The molecule has 134 valence electrons. The van der Waals surface area contributed by atoms with Crippen LogP contribution in [-0.2, 0) is 9.59 Å². The van der Waals surface area contributed by atoms with Gasteiger partial charge >= 0.3 is 6.03 Å². The Kier molecular flexibility index (Phi) is 5.06. The fourth-order valence-corrected chi connectivity index (χ4v) is 3.11. The molecule has 8 heteroatoms. The van der Waals surface area contributed by atoms with Crippen LogP contribution in [0.3, 0.4) is 0 Å². The van der Waals surface area contributed by atoms with Gasteiger partial charge in [-0.05, 0) is 18.6 Å². The van der Waals surface area contributed by atoms with Crippen LogP contribution in [0.25, 0.3) is 0 Å². The SMILES string of the molecule is COc1cccc(N2CCN(C(=O)CCC3NC(=O)NC3=O)CC2)c1. The van der Waals surface area contributed by atoms with Crippen LogP contribution in [0.4, 0.5) is 10.5 Å². The van der Waals surface area contributed by atoms with E-state index >= 15 is 0 Å². The Labute approximate surface area is 146 Å². The van der Waals surface area contributed by atoms with Crippen LogP contribution in [0.15, 0.2) is 24.3 Å². The van der Waals surface area contributed by atoms with Gasteiger partial charge in [-0.2, -0.15) is 0 Å². The summed E-state index contributed by atoms with van der Waals surface area (Å²) in [5.41, 5.74) is 1.08. The van der Waals surface area contributed by atoms with Gasteiger partial charge in [0, 0.05) is 44.4 Å². The van der Waals surface area contributed by atoms with Crippen molar-refractivity contribution in [3.63, 3.8) is 0 Å². The topological polar surface area (TPSA) is 91.0 Å². The molecule has 0 aromatic heterocycles. The zero-order valence-electron chi connectivity index (χ0n) is 14.2. The van der Waals surface area contributed by atoms with Gasteiger partial charge in [0.2, 0.25) is 5.91 Å². The molecule has 1 aromatic carbocycles. The minimum atomic E-state index is -0.602. The second-order valence-electron chi connectivity index (χ2n) is 6.12. The molecule has 2 aliphatic heterocycles. The predicted molar refractivity (Wildman–Crippen MR) is 91.5 cm³/mol. The smallest absolute Gasteiger partial charge is 0.322 e. The number of benzene rings is 1. The molecule has 0 bridgehead atoms. The first-order chi connectivity index (χ1) is 12.1. The van der Waals surface area contributed by atoms with Gasteiger partial charge in [-0.1, -0.05) is 6.07 Å². The minimum absolute atomic E-state index is 0.0132. The highest BCUT2D eigenvalue weighted by Gasteiger charge is 2.30. The molecule has 1 unspecified atom stereocenters. The standard InChI is InChI=1S/C17H22N4O4/c1-25-13-4-2-3-12(11-13)20-7-9-21(10-8-20)15(22)6-5-14-16(23)19-17(24)18-14/h2-4,11,14H,5-10H2,1H3,(H2,18,19,23,24). The number of carbonyl (C=O) groups excluding carboxylic acids is 3. The molecule has 0 spiro atoms. The number of nitrogens with one attached hydrogen (secondary N) is 2. The fraction of sp³-hybridized carbons (Fsp3) is 0.471. The van der Waals surface area contributed by atoms with E-state index in [0.717, 1.165) is 24.5 Å². The van der Waals surface area contributed by atoms with Crippen molar-refractivity contribution in [3.8, 4) is 5.75 Å². The number of amides is 4. The molecule has 2 fully saturated rings. The first-order valence-corrected chi connectivity index (χ1v) is 8.35. The van der Waals surface area contributed by atoms with Crippen LogP contribution < -0.4 is 20.3 Å². The second-order valence-corrected chi connectivity index (χ2v) is 6.12. The van der Waals surface area contributed by atoms with E-state index in [-0.39, 0.29) is 18.2 Å². The Morgan fingerprint density at radius 2 is 2.00 bits per heavy atom. The van der Waals surface area contributed by atoms with Gasteiger partial charge in [-0.3, -0.25) is 14.9 Å². The maximum absolute atomic E-state index is 12.3. The van der Waals surface area contributed by atoms with Crippen LogP contribution >= 0.6 is 0 Å². The third-order valence-electron chi connectivity index (χ3n) is 4.56. The quantitative estimate of drug-likeness (QED) is 0.750. The van der Waals surface area contributed by atoms with Crippen molar-refractivity contribution in [2.75, 3.05) is 38.2 Å². The zero-order valence-corrected chi connectivity index (χ0v) is 14.2. The van der Waals surface area contributed by atoms with Crippen molar-refractivity contribution in [2.24, 2.45) is 0 Å². The molecule has 2 saturated heterocycles. The molecule has 2 aliphatic rings. The monoisotopic (exact) mass is 346 g/mol. The summed E-state index contributed by atoms with van der Waals surface area (Å²) in [6.07, 6.45) is 0.573. The Morgan fingerprint density at radius 1 is 1.24 bits per heavy atom. The summed E-state index contributed by atoms with van der Waals surface area (Å²) in [5, 5.41) is 4.68. The molecule has 1 atom stereocenters. The number of ether oxygens (including phenoxy) is 1. The number of hydrogen-bond donors (Lipinski definition) is 2. The normalized spacial score (nSPS) is 20.3. The van der Waals surface area contributed by atoms with Gasteiger partial charge in [0.05, 0.1) is 7.11 Å². The number of hydrogen-bond acceptors (Lipinski definition) is 5. The van der Waals surface area contributed by atoms with Crippen LogP contribution in [0.2, 0.25) is 0 Å². The molecule has 25 heavy (non-hydrogen) atoms. The van der Waals surface area contributed by atoms with Crippen molar-refractivity contribution < 1.29 is 19.1 Å². The lowest BCUT2D eigenvalue weighted by Gasteiger charge is -2.36. The van der Waals surface area contributed by atoms with Crippen molar-refractivity contribution in [1.82, 2.24) is 15.5 Å². The molecule has 0 radical (unpaired) electrons. The fourth-order valence-electron chi connectivity index (χ4n) is 3.11. The summed E-state index contributed by atoms with van der Waals surface area (Å²) in [5.74, 6) is 0.466. The zero-order chi connectivity index (χ0) is 17.8. The van der Waals surface area contributed by atoms with E-state index in [1.54, 1.807) is 7.11 Å². The minimum Gasteiger partial charge on any atom is -0.497 e. The first-order valence-electron chi connectivity index (χ1n) is 8.35. The van der Waals surface area contributed by atoms with Gasteiger partial charge in [0.1, 0.15) is 11.8 Å². The number of urea groups is 1. The largest absolute Gasteiger partial charge is 0.497 e. The highest BCUT2D eigenvalue weighted by atomic mass is 16.5. The maximum Gasteiger partial charge on any atom is 0.322 e. The molecule has 8 nitrogen and oxygen atoms in total. The van der Waals surface area contributed by atoms with E-state index in [0.29, 0.717) is 19.5 Å². The van der Waals surface area contributed by atoms with Crippen LogP contribution in [-0.4, -0.2) is 62.1 Å². The van der Waals surface area contributed by atoms with E-state index in [4.69, 9.17) is 4.74 Å². The summed E-state index contributed by atoms with van der Waals surface area (Å²) in [6.45, 7) is 2.78. The number of nitrogens with zero attached hydrogens (tertiary/aromatic N) is 2. The predicted octanol–water partition coefficient (Wildman–Crippen LogP) is 0.332. The van der Waals surface area contributed by atoms with Crippen LogP contribution in [0.5, 0.6) is 5.75 Å². The van der Waals surface area contributed by atoms with Crippen molar-refractivity contribution in [2.45, 2.75) is 18.9 Å². The van der Waals surface area contributed by atoms with Crippen molar-refractivity contribution >= 4 is 23.5 Å². The summed E-state index contributed by atoms with van der Waals surface area (Å²) >= 11 is 0. The first kappa shape index (κ1) is 17.1. The molecule has 0 aliphatic carbocycles. The number of rotatable bonds is 5. The number of imide groups is 1. The van der Waals surface area contributed by atoms with Gasteiger partial charge in [0.15, 0.2) is 0 Å². The summed E-state index contributed by atoms with van der Waals surface area (Å²) < 4.78 is 5.25. The molecule has 1 aromatic rings. The average molecular weight is 346 g/mol. The Morgan fingerprint density at radius 3 is 2.64 bits per heavy atom. The maximum atomic E-state index is 12.3. The van der Waals surface area contributed by atoms with E-state index in [1.807, 2.05) is 29.2 Å². The van der Waals surface area contributed by atoms with E-state index in [9.17, 15) is 14.4 Å². The summed E-state index contributed by atoms with van der Waals surface area (Å²) in [4.78, 5) is 38.9. The van der Waals surface area contributed by atoms with Gasteiger partial charge in [0.25, 0.3) is 5.91 Å². The second kappa shape index (κ2) is 7.42. The van der Waals surface area contributed by atoms with Gasteiger partial charge < -0.3 is 19.9 Å². The third-order valence-corrected chi connectivity index (χ3v) is 4.56. The molecule has 2 heterocycles. The number of carbonyl (C=O) groups is 3. The van der Waals surface area contributed by atoms with Gasteiger partial charge in [-0.25, -0.2) is 4.79 Å². The molecular formula is C17H22N4O4. The van der Waals surface area contributed by atoms with E-state index in [2.05, 4.69) is 15.5 Å². The third kappa shape index (κ3) is 4.01. The average Bonchev–Trinajstić information content (AvgIpc) is 2.97.